The second kappa shape index (κ2) is 5.97. The summed E-state index contributed by atoms with van der Waals surface area (Å²) in [5.74, 6) is -0.343. The second-order valence-electron chi connectivity index (χ2n) is 3.25. The van der Waals surface area contributed by atoms with Gasteiger partial charge in [-0.2, -0.15) is 0 Å². The SMILES string of the molecule is CCOC(=O)c1c(C)ccn1C/C(Cl)=C/Cl. The van der Waals surface area contributed by atoms with Crippen LogP contribution < -0.4 is 0 Å². The van der Waals surface area contributed by atoms with E-state index in [0.717, 1.165) is 5.56 Å². The van der Waals surface area contributed by atoms with E-state index in [1.807, 2.05) is 13.0 Å². The topological polar surface area (TPSA) is 31.2 Å². The first-order valence-electron chi connectivity index (χ1n) is 4.87. The lowest BCUT2D eigenvalue weighted by Gasteiger charge is -2.08. The number of allylic oxidation sites excluding steroid dienone is 1. The predicted molar refractivity (Wildman–Crippen MR) is 64.9 cm³/mol. The third-order valence-electron chi connectivity index (χ3n) is 2.07. The van der Waals surface area contributed by atoms with Crippen molar-refractivity contribution in [2.45, 2.75) is 20.4 Å². The van der Waals surface area contributed by atoms with Gasteiger partial charge in [0.1, 0.15) is 5.69 Å². The summed E-state index contributed by atoms with van der Waals surface area (Å²) in [5, 5.41) is 0.461. The van der Waals surface area contributed by atoms with Crippen molar-refractivity contribution in [3.05, 3.63) is 34.1 Å². The maximum atomic E-state index is 11.7. The second-order valence-corrected chi connectivity index (χ2v) is 3.96. The van der Waals surface area contributed by atoms with E-state index in [9.17, 15) is 4.79 Å². The number of carbonyl (C=O) groups is 1. The molecule has 0 fully saturated rings. The average molecular weight is 262 g/mol. The van der Waals surface area contributed by atoms with Gasteiger partial charge in [-0.15, -0.1) is 0 Å². The van der Waals surface area contributed by atoms with Gasteiger partial charge in [0, 0.05) is 16.8 Å². The van der Waals surface area contributed by atoms with Crippen molar-refractivity contribution in [1.82, 2.24) is 4.57 Å². The normalized spacial score (nSPS) is 11.6. The van der Waals surface area contributed by atoms with E-state index in [2.05, 4.69) is 0 Å². The van der Waals surface area contributed by atoms with Crippen molar-refractivity contribution >= 4 is 29.2 Å². The van der Waals surface area contributed by atoms with E-state index < -0.39 is 0 Å². The van der Waals surface area contributed by atoms with Crippen molar-refractivity contribution in [3.8, 4) is 0 Å². The van der Waals surface area contributed by atoms with Crippen LogP contribution in [0.2, 0.25) is 0 Å². The number of hydrogen-bond acceptors (Lipinski definition) is 2. The van der Waals surface area contributed by atoms with Crippen LogP contribution in [-0.2, 0) is 11.3 Å². The smallest absolute Gasteiger partial charge is 0.355 e. The summed E-state index contributed by atoms with van der Waals surface area (Å²) in [6.07, 6.45) is 1.78. The van der Waals surface area contributed by atoms with Gasteiger partial charge in [0.25, 0.3) is 0 Å². The van der Waals surface area contributed by atoms with Crippen LogP contribution in [0.25, 0.3) is 0 Å². The van der Waals surface area contributed by atoms with E-state index >= 15 is 0 Å². The third-order valence-corrected chi connectivity index (χ3v) is 2.68. The van der Waals surface area contributed by atoms with Gasteiger partial charge in [0.05, 0.1) is 13.2 Å². The van der Waals surface area contributed by atoms with Gasteiger partial charge in [-0.05, 0) is 25.5 Å². The molecule has 1 rings (SSSR count). The Kier molecular flexibility index (Phi) is 4.90. The highest BCUT2D eigenvalue weighted by Gasteiger charge is 2.15. The quantitative estimate of drug-likeness (QED) is 0.779. The van der Waals surface area contributed by atoms with E-state index in [0.29, 0.717) is 23.9 Å². The number of hydrogen-bond donors (Lipinski definition) is 0. The van der Waals surface area contributed by atoms with Gasteiger partial charge < -0.3 is 9.30 Å². The summed E-state index contributed by atoms with van der Waals surface area (Å²) in [7, 11) is 0. The molecule has 0 aliphatic carbocycles. The molecule has 1 aromatic rings. The summed E-state index contributed by atoms with van der Waals surface area (Å²) in [4.78, 5) is 11.7. The van der Waals surface area contributed by atoms with Crippen LogP contribution in [0.4, 0.5) is 0 Å². The zero-order valence-corrected chi connectivity index (χ0v) is 10.7. The molecular formula is C11H13Cl2NO2. The maximum Gasteiger partial charge on any atom is 0.355 e. The molecule has 0 spiro atoms. The van der Waals surface area contributed by atoms with Gasteiger partial charge in [-0.1, -0.05) is 23.2 Å². The lowest BCUT2D eigenvalue weighted by Crippen LogP contribution is -2.13. The largest absolute Gasteiger partial charge is 0.461 e. The Balaban J connectivity index is 2.98. The lowest BCUT2D eigenvalue weighted by molar-refractivity contribution is 0.0513. The zero-order chi connectivity index (χ0) is 12.1. The first-order chi connectivity index (χ1) is 7.60. The van der Waals surface area contributed by atoms with Crippen LogP contribution in [0.5, 0.6) is 0 Å². The highest BCUT2D eigenvalue weighted by Crippen LogP contribution is 2.15. The van der Waals surface area contributed by atoms with Gasteiger partial charge in [-0.25, -0.2) is 4.79 Å². The molecule has 0 bridgehead atoms. The number of rotatable bonds is 4. The van der Waals surface area contributed by atoms with Crippen molar-refractivity contribution < 1.29 is 9.53 Å². The highest BCUT2D eigenvalue weighted by atomic mass is 35.5. The number of halogens is 2. The Hall–Kier alpha value is -0.930. The van der Waals surface area contributed by atoms with Gasteiger partial charge >= 0.3 is 5.97 Å². The summed E-state index contributed by atoms with van der Waals surface area (Å²) < 4.78 is 6.68. The fraction of sp³-hybridized carbons (Fsp3) is 0.364. The molecule has 16 heavy (non-hydrogen) atoms. The fourth-order valence-corrected chi connectivity index (χ4v) is 1.59. The molecule has 0 radical (unpaired) electrons. The number of nitrogens with zero attached hydrogens (tertiary/aromatic N) is 1. The number of esters is 1. The average Bonchev–Trinajstić information content (AvgIpc) is 2.60. The van der Waals surface area contributed by atoms with Gasteiger partial charge in [0.2, 0.25) is 0 Å². The molecule has 1 heterocycles. The molecule has 1 aromatic heterocycles. The Morgan fingerprint density at radius 2 is 2.31 bits per heavy atom. The molecule has 0 aromatic carbocycles. The first kappa shape index (κ1) is 13.1. The molecule has 0 saturated heterocycles. The molecular weight excluding hydrogens is 249 g/mol. The van der Waals surface area contributed by atoms with Crippen molar-refractivity contribution in [1.29, 1.82) is 0 Å². The minimum atomic E-state index is -0.343. The standard InChI is InChI=1S/C11H13Cl2NO2/c1-3-16-11(15)10-8(2)4-5-14(10)7-9(13)6-12/h4-6H,3,7H2,1-2H3/b9-6-. The van der Waals surface area contributed by atoms with E-state index in [1.54, 1.807) is 17.7 Å². The molecule has 5 heteroatoms. The van der Waals surface area contributed by atoms with E-state index in [-0.39, 0.29) is 5.97 Å². The van der Waals surface area contributed by atoms with Crippen LogP contribution in [0, 0.1) is 6.92 Å². The number of ether oxygens (including phenoxy) is 1. The molecule has 88 valence electrons. The summed E-state index contributed by atoms with van der Waals surface area (Å²) >= 11 is 11.3. The van der Waals surface area contributed by atoms with E-state index in [4.69, 9.17) is 27.9 Å². The highest BCUT2D eigenvalue weighted by molar-refractivity contribution is 6.36. The van der Waals surface area contributed by atoms with Crippen molar-refractivity contribution in [2.75, 3.05) is 6.61 Å². The van der Waals surface area contributed by atoms with Crippen molar-refractivity contribution in [3.63, 3.8) is 0 Å². The van der Waals surface area contributed by atoms with Crippen LogP contribution in [0.15, 0.2) is 22.8 Å². The third kappa shape index (κ3) is 3.03. The monoisotopic (exact) mass is 261 g/mol. The molecule has 0 amide bonds. The molecule has 0 aliphatic rings. The van der Waals surface area contributed by atoms with Crippen molar-refractivity contribution in [2.24, 2.45) is 0 Å². The first-order valence-corrected chi connectivity index (χ1v) is 5.69. The summed E-state index contributed by atoms with van der Waals surface area (Å²) in [6, 6.07) is 1.84. The van der Waals surface area contributed by atoms with Gasteiger partial charge in [0.15, 0.2) is 0 Å². The summed E-state index contributed by atoms with van der Waals surface area (Å²) in [6.45, 7) is 4.34. The Bertz CT molecular complexity index is 410. The number of aromatic nitrogens is 1. The van der Waals surface area contributed by atoms with Gasteiger partial charge in [-0.3, -0.25) is 0 Å². The molecule has 0 saturated carbocycles. The molecule has 0 atom stereocenters. The molecule has 0 unspecified atom stereocenters. The molecule has 3 nitrogen and oxygen atoms in total. The Labute approximate surface area is 105 Å². The maximum absolute atomic E-state index is 11.7. The Morgan fingerprint density at radius 3 is 2.88 bits per heavy atom. The lowest BCUT2D eigenvalue weighted by atomic mass is 10.3. The fourth-order valence-electron chi connectivity index (χ4n) is 1.39. The molecule has 0 aliphatic heterocycles. The van der Waals surface area contributed by atoms with Crippen LogP contribution in [0.1, 0.15) is 23.0 Å². The van der Waals surface area contributed by atoms with Crippen LogP contribution in [-0.4, -0.2) is 17.1 Å². The Morgan fingerprint density at radius 1 is 1.62 bits per heavy atom. The minimum Gasteiger partial charge on any atom is -0.461 e. The van der Waals surface area contributed by atoms with Crippen LogP contribution >= 0.6 is 23.2 Å². The minimum absolute atomic E-state index is 0.343. The molecule has 0 N–H and O–H groups in total. The number of carbonyl (C=O) groups excluding carboxylic acids is 1. The number of aryl methyl sites for hydroxylation is 1. The van der Waals surface area contributed by atoms with Crippen LogP contribution in [0.3, 0.4) is 0 Å². The predicted octanol–water partition coefficient (Wildman–Crippen LogP) is 3.29. The zero-order valence-electron chi connectivity index (χ0n) is 9.17. The van der Waals surface area contributed by atoms with E-state index in [1.165, 1.54) is 5.54 Å². The summed E-state index contributed by atoms with van der Waals surface area (Å²) in [5.41, 5.74) is 2.65.